The maximum absolute atomic E-state index is 5.60. The second kappa shape index (κ2) is 11.9. The van der Waals surface area contributed by atoms with Crippen LogP contribution in [0.3, 0.4) is 0 Å². The Morgan fingerprint density at radius 1 is 1.17 bits per heavy atom. The number of halogens is 1. The monoisotopic (exact) mass is 512 g/mol. The zero-order chi connectivity index (χ0) is 19.8. The zero-order valence-electron chi connectivity index (χ0n) is 18.2. The number of hydrogen-bond acceptors (Lipinski definition) is 3. The van der Waals surface area contributed by atoms with E-state index in [-0.39, 0.29) is 29.5 Å². The van der Waals surface area contributed by atoms with Crippen molar-refractivity contribution in [3.8, 4) is 0 Å². The van der Waals surface area contributed by atoms with Crippen molar-refractivity contribution in [3.63, 3.8) is 0 Å². The number of hydrogen-bond donors (Lipinski definition) is 1. The highest BCUT2D eigenvalue weighted by atomic mass is 127. The summed E-state index contributed by atoms with van der Waals surface area (Å²) >= 11 is 0. The van der Waals surface area contributed by atoms with Crippen molar-refractivity contribution in [2.45, 2.75) is 38.1 Å². The Morgan fingerprint density at radius 2 is 1.83 bits per heavy atom. The molecule has 0 aliphatic carbocycles. The molecule has 0 radical (unpaired) electrons. The van der Waals surface area contributed by atoms with Crippen molar-refractivity contribution in [3.05, 3.63) is 41.5 Å². The van der Waals surface area contributed by atoms with Crippen LogP contribution in [0, 0.1) is 0 Å². The molecule has 5 nitrogen and oxygen atoms in total. The molecule has 0 bridgehead atoms. The highest BCUT2D eigenvalue weighted by Gasteiger charge is 2.35. The van der Waals surface area contributed by atoms with Crippen LogP contribution in [-0.2, 0) is 4.74 Å². The number of ether oxygens (including phenoxy) is 1. The lowest BCUT2D eigenvalue weighted by atomic mass is 9.89. The van der Waals surface area contributed by atoms with Gasteiger partial charge in [-0.05, 0) is 52.3 Å². The molecule has 0 amide bonds. The van der Waals surface area contributed by atoms with Gasteiger partial charge in [0, 0.05) is 38.4 Å². The van der Waals surface area contributed by atoms with Gasteiger partial charge < -0.3 is 19.9 Å². The number of rotatable bonds is 5. The van der Waals surface area contributed by atoms with Crippen molar-refractivity contribution >= 4 is 36.0 Å². The van der Waals surface area contributed by atoms with E-state index in [1.165, 1.54) is 11.1 Å². The predicted octanol–water partition coefficient (Wildman–Crippen LogP) is 3.86. The summed E-state index contributed by atoms with van der Waals surface area (Å²) in [7, 11) is 4.35. The second-order valence-corrected chi connectivity index (χ2v) is 8.10. The first-order valence-electron chi connectivity index (χ1n) is 10.7. The maximum Gasteiger partial charge on any atom is 0.194 e. The van der Waals surface area contributed by atoms with Crippen LogP contribution in [0.5, 0.6) is 0 Å². The molecule has 162 valence electrons. The van der Waals surface area contributed by atoms with Crippen molar-refractivity contribution < 1.29 is 4.74 Å². The number of piperidine rings is 1. The molecule has 0 atom stereocenters. The molecule has 0 unspecified atom stereocenters. The van der Waals surface area contributed by atoms with Crippen LogP contribution >= 0.6 is 24.0 Å². The van der Waals surface area contributed by atoms with Gasteiger partial charge in [-0.2, -0.15) is 0 Å². The van der Waals surface area contributed by atoms with E-state index in [1.807, 2.05) is 0 Å². The minimum Gasteiger partial charge on any atom is -0.381 e. The molecule has 1 N–H and O–H groups in total. The molecule has 0 aromatic heterocycles. The number of likely N-dealkylation sites (N-methyl/N-ethyl adjacent to an activating group) is 1. The summed E-state index contributed by atoms with van der Waals surface area (Å²) in [5.74, 6) is 1.06. The summed E-state index contributed by atoms with van der Waals surface area (Å²) in [6.07, 6.45) is 6.65. The molecule has 3 rings (SSSR count). The Hall–Kier alpha value is -1.12. The van der Waals surface area contributed by atoms with Gasteiger partial charge in [0.15, 0.2) is 5.96 Å². The molecule has 2 heterocycles. The van der Waals surface area contributed by atoms with E-state index in [1.54, 1.807) is 0 Å². The molecular weight excluding hydrogens is 475 g/mol. The third-order valence-corrected chi connectivity index (χ3v) is 6.11. The van der Waals surface area contributed by atoms with Gasteiger partial charge in [-0.25, -0.2) is 0 Å². The SMILES string of the molecule is CCNC(=NCC1(N(C)C)CCOCC1)N1CCC(=Cc2ccccc2)CC1.I. The predicted molar refractivity (Wildman–Crippen MR) is 133 cm³/mol. The number of benzene rings is 1. The van der Waals surface area contributed by atoms with Crippen molar-refractivity contribution in [1.29, 1.82) is 0 Å². The first-order valence-corrected chi connectivity index (χ1v) is 10.7. The quantitative estimate of drug-likeness (QED) is 0.370. The molecule has 1 aromatic rings. The summed E-state index contributed by atoms with van der Waals surface area (Å²) in [6, 6.07) is 10.6. The summed E-state index contributed by atoms with van der Waals surface area (Å²) in [5, 5.41) is 3.52. The minimum absolute atomic E-state index is 0. The number of nitrogens with one attached hydrogen (secondary N) is 1. The van der Waals surface area contributed by atoms with Crippen LogP contribution in [0.15, 0.2) is 40.9 Å². The topological polar surface area (TPSA) is 40.1 Å². The Morgan fingerprint density at radius 3 is 2.41 bits per heavy atom. The van der Waals surface area contributed by atoms with Crippen molar-refractivity contribution in [1.82, 2.24) is 15.1 Å². The average Bonchev–Trinajstić information content (AvgIpc) is 2.73. The molecular formula is C23H37IN4O. The fourth-order valence-corrected chi connectivity index (χ4v) is 4.08. The fourth-order valence-electron chi connectivity index (χ4n) is 4.08. The van der Waals surface area contributed by atoms with Gasteiger partial charge in [0.2, 0.25) is 0 Å². The van der Waals surface area contributed by atoms with E-state index >= 15 is 0 Å². The summed E-state index contributed by atoms with van der Waals surface area (Å²) in [6.45, 7) is 7.61. The zero-order valence-corrected chi connectivity index (χ0v) is 20.5. The lowest BCUT2D eigenvalue weighted by Gasteiger charge is -2.42. The standard InChI is InChI=1S/C23H36N4O.HI/c1-4-24-22(25-19-23(26(2)3)12-16-28-17-13-23)27-14-10-21(11-15-27)18-20-8-6-5-7-9-20;/h5-9,18H,4,10-17,19H2,1-3H3,(H,24,25);1H. The molecule has 2 aliphatic heterocycles. The van der Waals surface area contributed by atoms with Gasteiger partial charge >= 0.3 is 0 Å². The fraction of sp³-hybridized carbons (Fsp3) is 0.609. The van der Waals surface area contributed by atoms with Crippen LogP contribution in [-0.4, -0.2) is 74.8 Å². The molecule has 6 heteroatoms. The summed E-state index contributed by atoms with van der Waals surface area (Å²) in [5.41, 5.74) is 2.96. The Bertz CT molecular complexity index is 659. The van der Waals surface area contributed by atoms with E-state index < -0.39 is 0 Å². The third-order valence-electron chi connectivity index (χ3n) is 6.11. The van der Waals surface area contributed by atoms with Gasteiger partial charge in [-0.3, -0.25) is 4.99 Å². The van der Waals surface area contributed by atoms with Gasteiger partial charge in [0.25, 0.3) is 0 Å². The van der Waals surface area contributed by atoms with E-state index in [0.29, 0.717) is 0 Å². The molecule has 0 spiro atoms. The average molecular weight is 512 g/mol. The first kappa shape index (κ1) is 24.2. The van der Waals surface area contributed by atoms with Gasteiger partial charge in [0.05, 0.1) is 6.54 Å². The van der Waals surface area contributed by atoms with E-state index in [4.69, 9.17) is 9.73 Å². The van der Waals surface area contributed by atoms with Crippen LogP contribution < -0.4 is 5.32 Å². The van der Waals surface area contributed by atoms with Crippen molar-refractivity contribution in [2.24, 2.45) is 4.99 Å². The highest BCUT2D eigenvalue weighted by Crippen LogP contribution is 2.26. The summed E-state index contributed by atoms with van der Waals surface area (Å²) in [4.78, 5) is 9.85. The number of guanidine groups is 1. The molecule has 2 saturated heterocycles. The molecule has 0 saturated carbocycles. The van der Waals surface area contributed by atoms with Gasteiger partial charge in [-0.15, -0.1) is 24.0 Å². The number of nitrogens with zero attached hydrogens (tertiary/aromatic N) is 3. The lowest BCUT2D eigenvalue weighted by molar-refractivity contribution is -0.00264. The van der Waals surface area contributed by atoms with E-state index in [0.717, 1.165) is 71.0 Å². The Kier molecular flexibility index (Phi) is 9.92. The number of aliphatic imine (C=N–C) groups is 1. The number of likely N-dealkylation sites (tertiary alicyclic amines) is 1. The smallest absolute Gasteiger partial charge is 0.194 e. The highest BCUT2D eigenvalue weighted by molar-refractivity contribution is 14.0. The normalized spacial score (nSPS) is 19.7. The Balaban J connectivity index is 0.00000300. The van der Waals surface area contributed by atoms with Crippen molar-refractivity contribution in [2.75, 3.05) is 53.5 Å². The molecule has 2 fully saturated rings. The van der Waals surface area contributed by atoms with Crippen LogP contribution in [0.2, 0.25) is 0 Å². The Labute approximate surface area is 193 Å². The maximum atomic E-state index is 5.60. The van der Waals surface area contributed by atoms with Crippen LogP contribution in [0.4, 0.5) is 0 Å². The van der Waals surface area contributed by atoms with Crippen LogP contribution in [0.25, 0.3) is 6.08 Å². The molecule has 2 aliphatic rings. The minimum atomic E-state index is 0. The van der Waals surface area contributed by atoms with E-state index in [2.05, 4.69) is 72.5 Å². The largest absolute Gasteiger partial charge is 0.381 e. The molecule has 1 aromatic carbocycles. The van der Waals surface area contributed by atoms with E-state index in [9.17, 15) is 0 Å². The lowest BCUT2D eigenvalue weighted by Crippen LogP contribution is -2.52. The molecule has 29 heavy (non-hydrogen) atoms. The summed E-state index contributed by atoms with van der Waals surface area (Å²) < 4.78 is 5.60. The van der Waals surface area contributed by atoms with Crippen LogP contribution in [0.1, 0.15) is 38.2 Å². The van der Waals surface area contributed by atoms with Gasteiger partial charge in [-0.1, -0.05) is 42.0 Å². The first-order chi connectivity index (χ1) is 13.6. The van der Waals surface area contributed by atoms with Gasteiger partial charge in [0.1, 0.15) is 0 Å². The third kappa shape index (κ3) is 6.69. The second-order valence-electron chi connectivity index (χ2n) is 8.10.